The lowest BCUT2D eigenvalue weighted by atomic mass is 10.1. The highest BCUT2D eigenvalue weighted by Gasteiger charge is 2.16. The number of nitrogens with zero attached hydrogens (tertiary/aromatic N) is 3. The number of hydrogen-bond acceptors (Lipinski definition) is 5. The minimum atomic E-state index is -0.390. The number of nitrogens with two attached hydrogens (primary N) is 1. The third kappa shape index (κ3) is 7.06. The average Bonchev–Trinajstić information content (AvgIpc) is 2.81. The summed E-state index contributed by atoms with van der Waals surface area (Å²) in [6.45, 7) is 0.494. The standard InChI is InChI=1S/C24H25F2N5O2/c25-18-6-10-20(11-7-18)31(21-12-8-19(26)9-13-21)24-29-15-17(16-30-24)23(33)28-14-4-2-1-3-5-22(27)32/h6-13,15-16H,1-5,14H2,(H2,27,32)(H,28,33). The predicted octanol–water partition coefficient (Wildman–Crippen LogP) is 4.39. The predicted molar refractivity (Wildman–Crippen MR) is 121 cm³/mol. The van der Waals surface area contributed by atoms with Gasteiger partial charge in [0.1, 0.15) is 11.6 Å². The molecule has 172 valence electrons. The van der Waals surface area contributed by atoms with E-state index in [2.05, 4.69) is 15.3 Å². The van der Waals surface area contributed by atoms with E-state index >= 15 is 0 Å². The van der Waals surface area contributed by atoms with Crippen LogP contribution in [0.1, 0.15) is 42.5 Å². The first kappa shape index (κ1) is 23.8. The Bertz CT molecular complexity index is 1010. The Morgan fingerprint density at radius 3 is 1.85 bits per heavy atom. The van der Waals surface area contributed by atoms with Gasteiger partial charge in [0.15, 0.2) is 0 Å². The summed E-state index contributed by atoms with van der Waals surface area (Å²) >= 11 is 0. The van der Waals surface area contributed by atoms with Gasteiger partial charge in [0.05, 0.1) is 5.56 Å². The molecule has 33 heavy (non-hydrogen) atoms. The number of nitrogens with one attached hydrogen (secondary N) is 1. The smallest absolute Gasteiger partial charge is 0.254 e. The van der Waals surface area contributed by atoms with Gasteiger partial charge in [0.25, 0.3) is 5.91 Å². The molecule has 2 amide bonds. The highest BCUT2D eigenvalue weighted by atomic mass is 19.1. The molecule has 0 bridgehead atoms. The van der Waals surface area contributed by atoms with Crippen LogP contribution in [0.4, 0.5) is 26.1 Å². The second kappa shape index (κ2) is 11.7. The van der Waals surface area contributed by atoms with Crippen molar-refractivity contribution in [3.63, 3.8) is 0 Å². The molecule has 3 aromatic rings. The maximum atomic E-state index is 13.4. The van der Waals surface area contributed by atoms with E-state index in [9.17, 15) is 18.4 Å². The zero-order valence-corrected chi connectivity index (χ0v) is 18.0. The largest absolute Gasteiger partial charge is 0.370 e. The Labute approximate surface area is 190 Å². The number of rotatable bonds is 11. The van der Waals surface area contributed by atoms with Crippen molar-refractivity contribution in [2.45, 2.75) is 32.1 Å². The van der Waals surface area contributed by atoms with Crippen LogP contribution in [0.25, 0.3) is 0 Å². The summed E-state index contributed by atoms with van der Waals surface area (Å²) in [4.78, 5) is 33.3. The number of carbonyl (C=O) groups is 2. The number of aromatic nitrogens is 2. The van der Waals surface area contributed by atoms with Crippen molar-refractivity contribution in [3.8, 4) is 0 Å². The van der Waals surface area contributed by atoms with Gasteiger partial charge >= 0.3 is 0 Å². The van der Waals surface area contributed by atoms with Crippen molar-refractivity contribution in [1.82, 2.24) is 15.3 Å². The van der Waals surface area contributed by atoms with Gasteiger partial charge in [0.2, 0.25) is 11.9 Å². The average molecular weight is 453 g/mol. The molecule has 0 saturated heterocycles. The van der Waals surface area contributed by atoms with Gasteiger partial charge in [-0.15, -0.1) is 0 Å². The van der Waals surface area contributed by atoms with Crippen molar-refractivity contribution in [1.29, 1.82) is 0 Å². The second-order valence-electron chi connectivity index (χ2n) is 7.45. The quantitative estimate of drug-likeness (QED) is 0.419. The summed E-state index contributed by atoms with van der Waals surface area (Å²) in [7, 11) is 0. The van der Waals surface area contributed by atoms with Gasteiger partial charge in [0, 0.05) is 36.7 Å². The number of carbonyl (C=O) groups excluding carboxylic acids is 2. The summed E-state index contributed by atoms with van der Waals surface area (Å²) in [5.41, 5.74) is 6.56. The van der Waals surface area contributed by atoms with E-state index in [0.717, 1.165) is 25.7 Å². The Hall–Kier alpha value is -3.88. The lowest BCUT2D eigenvalue weighted by Gasteiger charge is -2.23. The molecule has 0 aliphatic rings. The molecule has 1 aromatic heterocycles. The number of benzene rings is 2. The Kier molecular flexibility index (Phi) is 8.40. The van der Waals surface area contributed by atoms with E-state index in [1.165, 1.54) is 36.7 Å². The molecule has 9 heteroatoms. The van der Waals surface area contributed by atoms with Crippen LogP contribution in [-0.4, -0.2) is 28.3 Å². The Morgan fingerprint density at radius 1 is 0.818 bits per heavy atom. The molecule has 2 aromatic carbocycles. The first-order chi connectivity index (χ1) is 15.9. The van der Waals surface area contributed by atoms with Gasteiger partial charge in [-0.25, -0.2) is 18.7 Å². The molecule has 0 fully saturated rings. The fraction of sp³-hybridized carbons (Fsp3) is 0.250. The second-order valence-corrected chi connectivity index (χ2v) is 7.45. The molecule has 7 nitrogen and oxygen atoms in total. The summed E-state index contributed by atoms with van der Waals surface area (Å²) in [5.74, 6) is -1.13. The lowest BCUT2D eigenvalue weighted by Crippen LogP contribution is -2.25. The Morgan fingerprint density at radius 2 is 1.33 bits per heavy atom. The summed E-state index contributed by atoms with van der Waals surface area (Å²) in [5, 5.41) is 2.82. The zero-order valence-electron chi connectivity index (χ0n) is 18.0. The molecule has 1 heterocycles. The van der Waals surface area contributed by atoms with Crippen molar-refractivity contribution < 1.29 is 18.4 Å². The first-order valence-electron chi connectivity index (χ1n) is 10.6. The highest BCUT2D eigenvalue weighted by Crippen LogP contribution is 2.31. The van der Waals surface area contributed by atoms with Crippen LogP contribution < -0.4 is 16.0 Å². The lowest BCUT2D eigenvalue weighted by molar-refractivity contribution is -0.118. The highest BCUT2D eigenvalue weighted by molar-refractivity contribution is 5.93. The zero-order chi connectivity index (χ0) is 23.6. The van der Waals surface area contributed by atoms with Crippen LogP contribution in [-0.2, 0) is 4.79 Å². The van der Waals surface area contributed by atoms with Crippen LogP contribution in [0.3, 0.4) is 0 Å². The van der Waals surface area contributed by atoms with Crippen molar-refractivity contribution in [3.05, 3.63) is 78.1 Å². The van der Waals surface area contributed by atoms with Gasteiger partial charge < -0.3 is 11.1 Å². The van der Waals surface area contributed by atoms with Crippen LogP contribution in [0.5, 0.6) is 0 Å². The molecule has 0 unspecified atom stereocenters. The third-order valence-corrected chi connectivity index (χ3v) is 4.91. The molecule has 0 atom stereocenters. The molecule has 0 radical (unpaired) electrons. The van der Waals surface area contributed by atoms with Crippen molar-refractivity contribution >= 4 is 29.1 Å². The van der Waals surface area contributed by atoms with Gasteiger partial charge in [-0.3, -0.25) is 14.5 Å². The van der Waals surface area contributed by atoms with Crippen LogP contribution >= 0.6 is 0 Å². The number of anilines is 3. The van der Waals surface area contributed by atoms with E-state index in [0.29, 0.717) is 29.9 Å². The fourth-order valence-corrected chi connectivity index (χ4v) is 3.20. The molecular weight excluding hydrogens is 428 g/mol. The molecule has 0 saturated carbocycles. The number of halogens is 2. The van der Waals surface area contributed by atoms with Crippen LogP contribution in [0.15, 0.2) is 60.9 Å². The molecule has 0 aliphatic heterocycles. The van der Waals surface area contributed by atoms with Gasteiger partial charge in [-0.2, -0.15) is 0 Å². The third-order valence-electron chi connectivity index (χ3n) is 4.91. The van der Waals surface area contributed by atoms with E-state index in [4.69, 9.17) is 5.73 Å². The summed E-state index contributed by atoms with van der Waals surface area (Å²) in [6, 6.07) is 11.5. The van der Waals surface area contributed by atoms with Gasteiger partial charge in [-0.1, -0.05) is 12.8 Å². The molecule has 0 spiro atoms. The maximum Gasteiger partial charge on any atom is 0.254 e. The van der Waals surface area contributed by atoms with Crippen molar-refractivity contribution in [2.75, 3.05) is 11.4 Å². The van der Waals surface area contributed by atoms with Crippen molar-refractivity contribution in [2.24, 2.45) is 5.73 Å². The molecular formula is C24H25F2N5O2. The van der Waals surface area contributed by atoms with Crippen LogP contribution in [0.2, 0.25) is 0 Å². The monoisotopic (exact) mass is 453 g/mol. The number of primary amides is 1. The minimum absolute atomic E-state index is 0.249. The topological polar surface area (TPSA) is 101 Å². The molecule has 3 rings (SSSR count). The summed E-state index contributed by atoms with van der Waals surface area (Å²) in [6.07, 6.45) is 6.48. The number of unbranched alkanes of at least 4 members (excludes halogenated alkanes) is 3. The van der Waals surface area contributed by atoms with E-state index in [1.54, 1.807) is 29.2 Å². The SMILES string of the molecule is NC(=O)CCCCCCNC(=O)c1cnc(N(c2ccc(F)cc2)c2ccc(F)cc2)nc1. The Balaban J connectivity index is 1.65. The number of amides is 2. The summed E-state index contributed by atoms with van der Waals surface area (Å²) < 4.78 is 26.8. The molecule has 3 N–H and O–H groups in total. The first-order valence-corrected chi connectivity index (χ1v) is 10.6. The number of hydrogen-bond donors (Lipinski definition) is 2. The minimum Gasteiger partial charge on any atom is -0.370 e. The normalized spacial score (nSPS) is 10.6. The van der Waals surface area contributed by atoms with E-state index < -0.39 is 11.6 Å². The van der Waals surface area contributed by atoms with E-state index in [1.807, 2.05) is 0 Å². The van der Waals surface area contributed by atoms with Crippen LogP contribution in [0, 0.1) is 11.6 Å². The maximum absolute atomic E-state index is 13.4. The molecule has 0 aliphatic carbocycles. The van der Waals surface area contributed by atoms with E-state index in [-0.39, 0.29) is 17.8 Å². The van der Waals surface area contributed by atoms with Gasteiger partial charge in [-0.05, 0) is 61.4 Å². The fourth-order valence-electron chi connectivity index (χ4n) is 3.20.